The van der Waals surface area contributed by atoms with Gasteiger partial charge in [-0.05, 0) is 37.1 Å². The number of urea groups is 2. The normalized spacial score (nSPS) is 17.0. The molecule has 2 aliphatic heterocycles. The molecule has 0 radical (unpaired) electrons. The fourth-order valence-corrected chi connectivity index (χ4v) is 4.11. The van der Waals surface area contributed by atoms with Crippen molar-refractivity contribution in [2.75, 3.05) is 44.1 Å². The van der Waals surface area contributed by atoms with Gasteiger partial charge in [-0.2, -0.15) is 0 Å². The number of nitrogens with zero attached hydrogens (tertiary/aromatic N) is 3. The molecule has 2 aromatic carbocycles. The lowest BCUT2D eigenvalue weighted by Crippen LogP contribution is -2.49. The van der Waals surface area contributed by atoms with E-state index in [1.807, 2.05) is 6.07 Å². The topological polar surface area (TPSA) is 91.4 Å². The molecule has 0 bridgehead atoms. The van der Waals surface area contributed by atoms with Gasteiger partial charge in [0.15, 0.2) is 0 Å². The molecule has 2 aliphatic rings. The van der Waals surface area contributed by atoms with Crippen LogP contribution in [-0.2, 0) is 4.79 Å². The number of anilines is 2. The Bertz CT molecular complexity index is 1000. The largest absolute Gasteiger partial charge is 0.497 e. The first-order valence-electron chi connectivity index (χ1n) is 10.5. The van der Waals surface area contributed by atoms with Gasteiger partial charge in [0.2, 0.25) is 0 Å². The van der Waals surface area contributed by atoms with Gasteiger partial charge in [-0.3, -0.25) is 4.79 Å². The van der Waals surface area contributed by atoms with Crippen molar-refractivity contribution >= 4 is 29.3 Å². The van der Waals surface area contributed by atoms with Crippen LogP contribution >= 0.6 is 0 Å². The van der Waals surface area contributed by atoms with Gasteiger partial charge in [0.05, 0.1) is 25.6 Å². The average Bonchev–Trinajstić information content (AvgIpc) is 3.13. The van der Waals surface area contributed by atoms with Crippen molar-refractivity contribution in [1.82, 2.24) is 9.80 Å². The summed E-state index contributed by atoms with van der Waals surface area (Å²) >= 11 is 0. The van der Waals surface area contributed by atoms with Crippen LogP contribution in [0.5, 0.6) is 11.5 Å². The molecule has 0 aromatic heterocycles. The maximum absolute atomic E-state index is 12.9. The second-order valence-electron chi connectivity index (χ2n) is 7.69. The molecule has 0 atom stereocenters. The third kappa shape index (κ3) is 4.18. The van der Waals surface area contributed by atoms with E-state index in [0.29, 0.717) is 48.8 Å². The van der Waals surface area contributed by atoms with Gasteiger partial charge < -0.3 is 24.6 Å². The van der Waals surface area contributed by atoms with Gasteiger partial charge in [0, 0.05) is 25.2 Å². The highest BCUT2D eigenvalue weighted by molar-refractivity contribution is 6.19. The number of carbonyl (C=O) groups is 3. The molecular weight excluding hydrogens is 412 g/mol. The molecule has 9 nitrogen and oxygen atoms in total. The van der Waals surface area contributed by atoms with Gasteiger partial charge in [-0.15, -0.1) is 0 Å². The highest BCUT2D eigenvalue weighted by atomic mass is 16.5. The Balaban J connectivity index is 1.36. The first-order chi connectivity index (χ1) is 15.5. The van der Waals surface area contributed by atoms with Crippen LogP contribution in [0.1, 0.15) is 12.8 Å². The van der Waals surface area contributed by atoms with E-state index in [1.54, 1.807) is 59.4 Å². The lowest BCUT2D eigenvalue weighted by Gasteiger charge is -2.36. The second-order valence-corrected chi connectivity index (χ2v) is 7.69. The predicted molar refractivity (Wildman–Crippen MR) is 119 cm³/mol. The predicted octanol–water partition coefficient (Wildman–Crippen LogP) is 3.17. The number of benzene rings is 2. The maximum Gasteiger partial charge on any atom is 0.332 e. The van der Waals surface area contributed by atoms with Crippen molar-refractivity contribution in [2.45, 2.75) is 18.9 Å². The minimum Gasteiger partial charge on any atom is -0.497 e. The number of piperidine rings is 1. The summed E-state index contributed by atoms with van der Waals surface area (Å²) in [5.74, 6) is 0.915. The summed E-state index contributed by atoms with van der Waals surface area (Å²) in [5.41, 5.74) is 1.13. The van der Waals surface area contributed by atoms with Crippen molar-refractivity contribution in [2.24, 2.45) is 0 Å². The Morgan fingerprint density at radius 1 is 1.00 bits per heavy atom. The van der Waals surface area contributed by atoms with E-state index < -0.39 is 0 Å². The molecule has 2 heterocycles. The van der Waals surface area contributed by atoms with Crippen molar-refractivity contribution in [1.29, 1.82) is 0 Å². The second kappa shape index (κ2) is 9.17. The maximum atomic E-state index is 12.9. The van der Waals surface area contributed by atoms with Crippen LogP contribution < -0.4 is 19.7 Å². The van der Waals surface area contributed by atoms with E-state index in [0.717, 1.165) is 0 Å². The lowest BCUT2D eigenvalue weighted by molar-refractivity contribution is -0.116. The van der Waals surface area contributed by atoms with E-state index in [-0.39, 0.29) is 30.6 Å². The average molecular weight is 438 g/mol. The molecule has 0 aliphatic carbocycles. The Morgan fingerprint density at radius 3 is 2.38 bits per heavy atom. The van der Waals surface area contributed by atoms with Crippen molar-refractivity contribution in [3.8, 4) is 11.5 Å². The van der Waals surface area contributed by atoms with E-state index in [4.69, 9.17) is 9.47 Å². The number of hydrogen-bond donors (Lipinski definition) is 1. The summed E-state index contributed by atoms with van der Waals surface area (Å²) in [7, 11) is 3.10. The summed E-state index contributed by atoms with van der Waals surface area (Å²) < 4.78 is 10.5. The fourth-order valence-electron chi connectivity index (χ4n) is 4.11. The van der Waals surface area contributed by atoms with Crippen LogP contribution in [-0.4, -0.2) is 67.7 Å². The summed E-state index contributed by atoms with van der Waals surface area (Å²) in [6.45, 7) is 1.03. The Labute approximate surface area is 186 Å². The molecule has 2 aromatic rings. The molecule has 2 fully saturated rings. The van der Waals surface area contributed by atoms with Crippen LogP contribution in [0.4, 0.5) is 21.0 Å². The Hall–Kier alpha value is -3.75. The van der Waals surface area contributed by atoms with E-state index >= 15 is 0 Å². The van der Waals surface area contributed by atoms with Crippen molar-refractivity contribution in [3.63, 3.8) is 0 Å². The molecule has 0 spiro atoms. The number of imide groups is 1. The van der Waals surface area contributed by atoms with Gasteiger partial charge in [-0.25, -0.2) is 14.5 Å². The number of hydrogen-bond acceptors (Lipinski definition) is 5. The number of para-hydroxylation sites is 1. The number of nitrogens with one attached hydrogen (secondary N) is 1. The van der Waals surface area contributed by atoms with Crippen molar-refractivity contribution in [3.05, 3.63) is 48.5 Å². The van der Waals surface area contributed by atoms with E-state index in [9.17, 15) is 14.4 Å². The zero-order valence-electron chi connectivity index (χ0n) is 18.1. The van der Waals surface area contributed by atoms with Gasteiger partial charge in [-0.1, -0.05) is 18.2 Å². The number of carbonyl (C=O) groups excluding carboxylic acids is 3. The zero-order chi connectivity index (χ0) is 22.7. The molecular formula is C23H26N4O5. The number of methoxy groups -OCH3 is 2. The Morgan fingerprint density at radius 2 is 1.72 bits per heavy atom. The quantitative estimate of drug-likeness (QED) is 0.724. The van der Waals surface area contributed by atoms with Crippen LogP contribution in [0.2, 0.25) is 0 Å². The molecule has 1 N–H and O–H groups in total. The summed E-state index contributed by atoms with van der Waals surface area (Å²) in [6, 6.07) is 13.5. The molecule has 0 unspecified atom stereocenters. The smallest absolute Gasteiger partial charge is 0.332 e. The molecule has 32 heavy (non-hydrogen) atoms. The molecule has 4 rings (SSSR count). The molecule has 5 amide bonds. The van der Waals surface area contributed by atoms with E-state index in [1.165, 1.54) is 12.0 Å². The zero-order valence-corrected chi connectivity index (χ0v) is 18.1. The van der Waals surface area contributed by atoms with Crippen LogP contribution in [0.3, 0.4) is 0 Å². The lowest BCUT2D eigenvalue weighted by atomic mass is 10.0. The van der Waals surface area contributed by atoms with Crippen molar-refractivity contribution < 1.29 is 23.9 Å². The third-order valence-electron chi connectivity index (χ3n) is 5.85. The fraction of sp³-hybridized carbons (Fsp3) is 0.348. The monoisotopic (exact) mass is 438 g/mol. The van der Waals surface area contributed by atoms with Crippen LogP contribution in [0.15, 0.2) is 48.5 Å². The van der Waals surface area contributed by atoms with Crippen LogP contribution in [0.25, 0.3) is 0 Å². The van der Waals surface area contributed by atoms with Crippen LogP contribution in [0, 0.1) is 0 Å². The van der Waals surface area contributed by atoms with E-state index in [2.05, 4.69) is 5.32 Å². The molecule has 168 valence electrons. The molecule has 0 saturated carbocycles. The summed E-state index contributed by atoms with van der Waals surface area (Å²) in [6.07, 6.45) is 1.21. The van der Waals surface area contributed by atoms with Gasteiger partial charge in [0.1, 0.15) is 18.0 Å². The summed E-state index contributed by atoms with van der Waals surface area (Å²) in [5, 5.41) is 2.87. The third-order valence-corrected chi connectivity index (χ3v) is 5.85. The Kier molecular flexibility index (Phi) is 6.16. The van der Waals surface area contributed by atoms with Gasteiger partial charge in [0.25, 0.3) is 5.91 Å². The standard InChI is InChI=1S/C23H26N4O5/c1-31-18-8-9-19(20(14-18)32-2)24-22(29)25-12-10-16(11-13-25)26-15-21(28)27(23(26)30)17-6-4-3-5-7-17/h3-9,14,16H,10-13,15H2,1-2H3,(H,24,29). The SMILES string of the molecule is COc1ccc(NC(=O)N2CCC(N3CC(=O)N(c4ccccc4)C3=O)CC2)c(OC)c1. The minimum absolute atomic E-state index is 0.0631. The minimum atomic E-state index is -0.299. The molecule has 2 saturated heterocycles. The highest BCUT2D eigenvalue weighted by Crippen LogP contribution is 2.30. The number of ether oxygens (including phenoxy) is 2. The first kappa shape index (κ1) is 21.5. The number of rotatable bonds is 5. The summed E-state index contributed by atoms with van der Waals surface area (Å²) in [4.78, 5) is 42.7. The number of amides is 5. The number of likely N-dealkylation sites (tertiary alicyclic amines) is 1. The van der Waals surface area contributed by atoms with Gasteiger partial charge >= 0.3 is 12.1 Å². The highest BCUT2D eigenvalue weighted by Gasteiger charge is 2.41. The first-order valence-corrected chi connectivity index (χ1v) is 10.5. The molecule has 9 heteroatoms.